The fourth-order valence-corrected chi connectivity index (χ4v) is 1.32. The lowest BCUT2D eigenvalue weighted by atomic mass is 9.83. The van der Waals surface area contributed by atoms with Gasteiger partial charge in [0.05, 0.1) is 6.10 Å². The minimum atomic E-state index is -1.02. The molecule has 1 aliphatic rings. The van der Waals surface area contributed by atoms with Crippen molar-refractivity contribution < 1.29 is 10.2 Å². The minimum absolute atomic E-state index is 0.167. The molecule has 1 rings (SSSR count). The molecule has 0 spiro atoms. The smallest absolute Gasteiger partial charge is 0.106 e. The maximum atomic E-state index is 9.48. The molecule has 0 aliphatic heterocycles. The Kier molecular flexibility index (Phi) is 1.84. The number of hydrogen-bond acceptors (Lipinski definition) is 2. The summed E-state index contributed by atoms with van der Waals surface area (Å²) in [6.45, 7) is 3.56. The van der Waals surface area contributed by atoms with E-state index in [0.29, 0.717) is 0 Å². The van der Waals surface area contributed by atoms with Crippen LogP contribution < -0.4 is 0 Å². The first-order valence-corrected chi connectivity index (χ1v) is 3.62. The van der Waals surface area contributed by atoms with Crippen LogP contribution in [0.25, 0.3) is 0 Å². The van der Waals surface area contributed by atoms with Gasteiger partial charge >= 0.3 is 0 Å². The Hall–Kier alpha value is -0.340. The summed E-state index contributed by atoms with van der Waals surface area (Å²) in [4.78, 5) is 0. The summed E-state index contributed by atoms with van der Waals surface area (Å²) in [7, 11) is 0. The first-order chi connectivity index (χ1) is 4.54. The van der Waals surface area contributed by atoms with Crippen LogP contribution in [0.15, 0.2) is 12.2 Å². The maximum absolute atomic E-state index is 9.48. The summed E-state index contributed by atoms with van der Waals surface area (Å²) in [6, 6.07) is 0. The third-order valence-corrected chi connectivity index (χ3v) is 2.10. The number of allylic oxidation sites excluding steroid dienone is 1. The van der Waals surface area contributed by atoms with E-state index in [4.69, 9.17) is 0 Å². The Morgan fingerprint density at radius 2 is 2.20 bits per heavy atom. The molecule has 0 aromatic heterocycles. The average molecular weight is 142 g/mol. The Morgan fingerprint density at radius 3 is 2.60 bits per heavy atom. The van der Waals surface area contributed by atoms with Crippen molar-refractivity contribution in [3.63, 3.8) is 0 Å². The van der Waals surface area contributed by atoms with Crippen molar-refractivity contribution in [2.75, 3.05) is 0 Å². The van der Waals surface area contributed by atoms with E-state index in [1.54, 1.807) is 13.0 Å². The predicted octanol–water partition coefficient (Wildman–Crippen LogP) is 0.694. The van der Waals surface area contributed by atoms with Gasteiger partial charge in [0, 0.05) is 0 Å². The highest BCUT2D eigenvalue weighted by Crippen LogP contribution is 2.26. The van der Waals surface area contributed by atoms with E-state index in [1.165, 1.54) is 0 Å². The highest BCUT2D eigenvalue weighted by molar-refractivity contribution is 5.08. The normalized spacial score (nSPS) is 47.6. The Bertz CT molecular complexity index is 149. The summed E-state index contributed by atoms with van der Waals surface area (Å²) in [5, 5.41) is 18.9. The fraction of sp³-hybridized carbons (Fsp3) is 0.750. The lowest BCUT2D eigenvalue weighted by Crippen LogP contribution is -2.43. The number of rotatable bonds is 0. The molecule has 2 N–H and O–H groups in total. The SMILES string of the molecule is C[C@H]1CC=C[C@@](C)(O)[C@@H]1O. The summed E-state index contributed by atoms with van der Waals surface area (Å²) < 4.78 is 0. The predicted molar refractivity (Wildman–Crippen MR) is 39.6 cm³/mol. The van der Waals surface area contributed by atoms with Crippen molar-refractivity contribution >= 4 is 0 Å². The van der Waals surface area contributed by atoms with Crippen LogP contribution in [0.4, 0.5) is 0 Å². The maximum Gasteiger partial charge on any atom is 0.106 e. The van der Waals surface area contributed by atoms with Crippen molar-refractivity contribution in [1.82, 2.24) is 0 Å². The molecule has 58 valence electrons. The van der Waals surface area contributed by atoms with Crippen molar-refractivity contribution in [3.8, 4) is 0 Å². The zero-order valence-electron chi connectivity index (χ0n) is 6.41. The molecule has 0 saturated carbocycles. The van der Waals surface area contributed by atoms with Crippen LogP contribution in [0.3, 0.4) is 0 Å². The summed E-state index contributed by atoms with van der Waals surface area (Å²) in [5.41, 5.74) is -1.02. The number of hydrogen-bond donors (Lipinski definition) is 2. The molecule has 1 aliphatic carbocycles. The number of aliphatic hydroxyl groups is 2. The van der Waals surface area contributed by atoms with Crippen LogP contribution >= 0.6 is 0 Å². The van der Waals surface area contributed by atoms with Gasteiger partial charge in [-0.3, -0.25) is 0 Å². The van der Waals surface area contributed by atoms with Crippen LogP contribution in [0, 0.1) is 5.92 Å². The summed E-state index contributed by atoms with van der Waals surface area (Å²) in [6.07, 6.45) is 3.82. The van der Waals surface area contributed by atoms with E-state index in [1.807, 2.05) is 13.0 Å². The van der Waals surface area contributed by atoms with Crippen molar-refractivity contribution in [2.45, 2.75) is 32.0 Å². The average Bonchev–Trinajstić information content (AvgIpc) is 1.83. The van der Waals surface area contributed by atoms with Crippen molar-refractivity contribution in [1.29, 1.82) is 0 Å². The minimum Gasteiger partial charge on any atom is -0.390 e. The van der Waals surface area contributed by atoms with E-state index in [-0.39, 0.29) is 5.92 Å². The molecule has 0 unspecified atom stereocenters. The molecule has 0 aromatic carbocycles. The van der Waals surface area contributed by atoms with Gasteiger partial charge in [-0.15, -0.1) is 0 Å². The second-order valence-corrected chi connectivity index (χ2v) is 3.29. The first-order valence-electron chi connectivity index (χ1n) is 3.62. The molecule has 0 fully saturated rings. The zero-order valence-corrected chi connectivity index (χ0v) is 6.41. The molecular formula is C8H14O2. The molecule has 0 heterocycles. The van der Waals surface area contributed by atoms with Gasteiger partial charge in [0.15, 0.2) is 0 Å². The Morgan fingerprint density at radius 1 is 1.60 bits per heavy atom. The third-order valence-electron chi connectivity index (χ3n) is 2.10. The van der Waals surface area contributed by atoms with E-state index in [2.05, 4.69) is 0 Å². The first kappa shape index (κ1) is 7.76. The van der Waals surface area contributed by atoms with Gasteiger partial charge in [0.1, 0.15) is 5.60 Å². The standard InChI is InChI=1S/C8H14O2/c1-6-4-3-5-8(2,10)7(6)9/h3,5-7,9-10H,4H2,1-2H3/t6-,7+,8+/m0/s1. The third kappa shape index (κ3) is 1.22. The number of aliphatic hydroxyl groups excluding tert-OH is 1. The van der Waals surface area contributed by atoms with Crippen LogP contribution in [0.2, 0.25) is 0 Å². The van der Waals surface area contributed by atoms with Gasteiger partial charge in [-0.2, -0.15) is 0 Å². The van der Waals surface area contributed by atoms with Crippen molar-refractivity contribution in [2.24, 2.45) is 5.92 Å². The molecule has 0 saturated heterocycles. The second kappa shape index (κ2) is 2.36. The molecule has 0 amide bonds. The van der Waals surface area contributed by atoms with Crippen LogP contribution in [-0.2, 0) is 0 Å². The van der Waals surface area contributed by atoms with Crippen LogP contribution in [0.5, 0.6) is 0 Å². The van der Waals surface area contributed by atoms with Gasteiger partial charge in [0.25, 0.3) is 0 Å². The molecule has 0 bridgehead atoms. The van der Waals surface area contributed by atoms with Crippen LogP contribution in [-0.4, -0.2) is 21.9 Å². The van der Waals surface area contributed by atoms with Crippen LogP contribution in [0.1, 0.15) is 20.3 Å². The molecule has 2 heteroatoms. The van der Waals surface area contributed by atoms with Gasteiger partial charge < -0.3 is 10.2 Å². The molecule has 0 aromatic rings. The topological polar surface area (TPSA) is 40.5 Å². The van der Waals surface area contributed by atoms with E-state index in [0.717, 1.165) is 6.42 Å². The highest BCUT2D eigenvalue weighted by Gasteiger charge is 2.33. The molecule has 3 atom stereocenters. The van der Waals surface area contributed by atoms with E-state index >= 15 is 0 Å². The molecular weight excluding hydrogens is 128 g/mol. The summed E-state index contributed by atoms with van der Waals surface area (Å²) in [5.74, 6) is 0.167. The second-order valence-electron chi connectivity index (χ2n) is 3.29. The fourth-order valence-electron chi connectivity index (χ4n) is 1.32. The highest BCUT2D eigenvalue weighted by atomic mass is 16.3. The monoisotopic (exact) mass is 142 g/mol. The van der Waals surface area contributed by atoms with E-state index < -0.39 is 11.7 Å². The molecule has 2 nitrogen and oxygen atoms in total. The largest absolute Gasteiger partial charge is 0.390 e. The van der Waals surface area contributed by atoms with Gasteiger partial charge in [-0.1, -0.05) is 19.1 Å². The molecule has 0 radical (unpaired) electrons. The quantitative estimate of drug-likeness (QED) is 0.489. The van der Waals surface area contributed by atoms with E-state index in [9.17, 15) is 10.2 Å². The van der Waals surface area contributed by atoms with Gasteiger partial charge in [-0.05, 0) is 19.3 Å². The zero-order chi connectivity index (χ0) is 7.78. The Labute approximate surface area is 61.2 Å². The lowest BCUT2D eigenvalue weighted by molar-refractivity contribution is -0.0587. The van der Waals surface area contributed by atoms with Crippen molar-refractivity contribution in [3.05, 3.63) is 12.2 Å². The Balaban J connectivity index is 2.77. The van der Waals surface area contributed by atoms with Gasteiger partial charge in [-0.25, -0.2) is 0 Å². The lowest BCUT2D eigenvalue weighted by Gasteiger charge is -2.33. The van der Waals surface area contributed by atoms with Gasteiger partial charge in [0.2, 0.25) is 0 Å². The molecule has 10 heavy (non-hydrogen) atoms. The summed E-state index contributed by atoms with van der Waals surface area (Å²) >= 11 is 0.